The smallest absolute Gasteiger partial charge is 0.416 e. The van der Waals surface area contributed by atoms with Crippen molar-refractivity contribution in [2.24, 2.45) is 20.0 Å². The van der Waals surface area contributed by atoms with Crippen molar-refractivity contribution in [2.45, 2.75) is 81.8 Å². The summed E-state index contributed by atoms with van der Waals surface area (Å²) in [4.78, 5) is 103. The lowest BCUT2D eigenvalue weighted by atomic mass is 9.99. The molecule has 0 aliphatic carbocycles. The molecule has 0 bridgehead atoms. The molecule has 6 heterocycles. The molecule has 2 saturated heterocycles. The Morgan fingerprint density at radius 1 is 0.798 bits per heavy atom. The average Bonchev–Trinajstić information content (AvgIpc) is 1.74. The number of aliphatic carboxylic acids is 1. The number of methoxy groups -OCH3 is 1. The van der Waals surface area contributed by atoms with E-state index in [0.29, 0.717) is 48.6 Å². The van der Waals surface area contributed by atoms with Gasteiger partial charge in [0.15, 0.2) is 23.8 Å². The Morgan fingerprint density at radius 3 is 2.20 bits per heavy atom. The summed E-state index contributed by atoms with van der Waals surface area (Å²) >= 11 is 0. The van der Waals surface area contributed by atoms with E-state index < -0.39 is 85.3 Å². The van der Waals surface area contributed by atoms with Gasteiger partial charge in [0.05, 0.1) is 79.5 Å². The van der Waals surface area contributed by atoms with Gasteiger partial charge in [-0.25, -0.2) is 20.4 Å². The van der Waals surface area contributed by atoms with E-state index in [1.165, 1.54) is 54.6 Å². The van der Waals surface area contributed by atoms with Crippen molar-refractivity contribution >= 4 is 58.7 Å². The van der Waals surface area contributed by atoms with E-state index in [0.717, 1.165) is 17.9 Å². The van der Waals surface area contributed by atoms with Crippen LogP contribution < -0.4 is 46.3 Å². The van der Waals surface area contributed by atoms with Crippen LogP contribution in [0.5, 0.6) is 17.2 Å². The number of aromatic nitrogens is 4. The molecule has 480 valence electrons. The van der Waals surface area contributed by atoms with Crippen molar-refractivity contribution in [3.8, 4) is 17.2 Å². The molecule has 1 unspecified atom stereocenters. The number of benzene rings is 2. The maximum atomic E-state index is 14.4. The van der Waals surface area contributed by atoms with Crippen LogP contribution in [0.1, 0.15) is 83.3 Å². The molecule has 31 heteroatoms. The lowest BCUT2D eigenvalue weighted by Crippen LogP contribution is -2.61. The highest BCUT2D eigenvalue weighted by atomic mass is 16.7. The molecule has 0 spiro atoms. The maximum Gasteiger partial charge on any atom is 0.416 e. The second-order valence-electron chi connectivity index (χ2n) is 21.6. The van der Waals surface area contributed by atoms with Gasteiger partial charge in [-0.1, -0.05) is 18.2 Å². The molecular weight excluding hydrogens is 1170 g/mol. The van der Waals surface area contributed by atoms with Gasteiger partial charge in [0.2, 0.25) is 6.29 Å². The number of carboxylic acid groups (broad SMARTS) is 1. The molecule has 8 rings (SSSR count). The van der Waals surface area contributed by atoms with Crippen LogP contribution in [-0.2, 0) is 51.1 Å². The van der Waals surface area contributed by atoms with Crippen molar-refractivity contribution in [3.05, 3.63) is 113 Å². The SMILES string of the molecule is C=C1C[C@H]2C(O)N(C(=O)OCc3ccc(O[C@@H]4O[C@H](C(=O)O)[C@@H](O)[C@H](O)[C@H]4O)c(C(=O)NCCOCCON)c3)c3cc(OCCCCn4cc(C(=O)Nc5cc(C(=O)Nc6cc(C(=O)NCCCN(C)C)n(C)c6)n(C)c5)cn4)c(OC)cc3C(=O)N2C1. The van der Waals surface area contributed by atoms with Gasteiger partial charge in [-0.3, -0.25) is 28.7 Å². The Morgan fingerprint density at radius 2 is 1.51 bits per heavy atom. The number of carbonyl (C=O) groups excluding carboxylic acids is 6. The number of amides is 6. The van der Waals surface area contributed by atoms with E-state index >= 15 is 0 Å². The minimum absolute atomic E-state index is 0.0204. The van der Waals surface area contributed by atoms with Crippen LogP contribution in [0.15, 0.2) is 79.4 Å². The first-order chi connectivity index (χ1) is 42.6. The zero-order valence-electron chi connectivity index (χ0n) is 49.7. The highest BCUT2D eigenvalue weighted by Crippen LogP contribution is 2.42. The Labute approximate surface area is 510 Å². The summed E-state index contributed by atoms with van der Waals surface area (Å²) in [6, 6.07) is 8.83. The number of carboxylic acids is 1. The number of anilines is 3. The zero-order valence-corrected chi connectivity index (χ0v) is 49.7. The molecule has 3 aromatic heterocycles. The minimum Gasteiger partial charge on any atom is -0.493 e. The number of ether oxygens (including phenoxy) is 6. The molecule has 2 aromatic carbocycles. The molecule has 7 atom stereocenters. The second kappa shape index (κ2) is 29.9. The first-order valence-electron chi connectivity index (χ1n) is 28.3. The van der Waals surface area contributed by atoms with E-state index in [4.69, 9.17) is 34.3 Å². The number of aliphatic hydroxyl groups is 4. The number of fused-ring (bicyclic) bond motifs is 2. The first-order valence-corrected chi connectivity index (χ1v) is 28.3. The molecule has 31 nitrogen and oxygen atoms in total. The van der Waals surface area contributed by atoms with E-state index in [2.05, 4.69) is 37.8 Å². The van der Waals surface area contributed by atoms with E-state index in [9.17, 15) is 59.1 Å². The second-order valence-corrected chi connectivity index (χ2v) is 21.6. The van der Waals surface area contributed by atoms with Gasteiger partial charge >= 0.3 is 12.1 Å². The van der Waals surface area contributed by atoms with Crippen LogP contribution in [0, 0.1) is 0 Å². The van der Waals surface area contributed by atoms with Gasteiger partial charge < -0.3 is 99.0 Å². The van der Waals surface area contributed by atoms with Crippen molar-refractivity contribution in [1.82, 2.24) is 39.3 Å². The predicted molar refractivity (Wildman–Crippen MR) is 314 cm³/mol. The quantitative estimate of drug-likeness (QED) is 0.0188. The summed E-state index contributed by atoms with van der Waals surface area (Å²) < 4.78 is 38.8. The number of nitrogens with one attached hydrogen (secondary N) is 4. The normalized spacial score (nSPS) is 19.7. The van der Waals surface area contributed by atoms with E-state index in [1.54, 1.807) is 52.6 Å². The van der Waals surface area contributed by atoms with E-state index in [-0.39, 0.29) is 103 Å². The van der Waals surface area contributed by atoms with Crippen molar-refractivity contribution < 1.29 is 92.4 Å². The predicted octanol–water partition coefficient (Wildman–Crippen LogP) is 0.768. The Balaban J connectivity index is 0.899. The summed E-state index contributed by atoms with van der Waals surface area (Å²) in [6.45, 7) is 5.54. The molecule has 6 amide bonds. The van der Waals surface area contributed by atoms with Gasteiger partial charge in [-0.15, -0.1) is 0 Å². The summed E-state index contributed by atoms with van der Waals surface area (Å²) in [6.07, 6.45) is -4.59. The topological polar surface area (TPSA) is 397 Å². The number of rotatable bonds is 28. The highest BCUT2D eigenvalue weighted by Gasteiger charge is 2.49. The molecule has 89 heavy (non-hydrogen) atoms. The Kier molecular flexibility index (Phi) is 22.2. The molecule has 5 aromatic rings. The molecule has 2 fully saturated rings. The Bertz CT molecular complexity index is 3400. The molecule has 11 N–H and O–H groups in total. The largest absolute Gasteiger partial charge is 0.493 e. The number of carbonyl (C=O) groups is 7. The third-order valence-electron chi connectivity index (χ3n) is 14.7. The summed E-state index contributed by atoms with van der Waals surface area (Å²) in [5.74, 6) is 0.850. The third kappa shape index (κ3) is 16.1. The number of nitrogens with two attached hydrogens (primary N) is 1. The van der Waals surface area contributed by atoms with Crippen molar-refractivity contribution in [3.63, 3.8) is 0 Å². The fourth-order valence-corrected chi connectivity index (χ4v) is 10.1. The van der Waals surface area contributed by atoms with E-state index in [1.807, 2.05) is 19.0 Å². The molecule has 0 saturated carbocycles. The van der Waals surface area contributed by atoms with Gasteiger partial charge in [-0.2, -0.15) is 5.10 Å². The molecule has 3 aliphatic rings. The van der Waals surface area contributed by atoms with Gasteiger partial charge in [0.1, 0.15) is 42.1 Å². The zero-order chi connectivity index (χ0) is 64.2. The number of aliphatic hydroxyl groups excluding tert-OH is 4. The Hall–Kier alpha value is -8.92. The average molecular weight is 1240 g/mol. The highest BCUT2D eigenvalue weighted by molar-refractivity contribution is 6.08. The third-order valence-corrected chi connectivity index (χ3v) is 14.7. The van der Waals surface area contributed by atoms with Crippen molar-refractivity contribution in [2.75, 3.05) is 89.3 Å². The van der Waals surface area contributed by atoms with Crippen LogP contribution in [0.25, 0.3) is 0 Å². The van der Waals surface area contributed by atoms with Crippen LogP contribution in [0.4, 0.5) is 21.9 Å². The summed E-state index contributed by atoms with van der Waals surface area (Å²) in [5, 5.41) is 68.4. The monoisotopic (exact) mass is 1240 g/mol. The van der Waals surface area contributed by atoms with Crippen LogP contribution in [-0.4, -0.2) is 213 Å². The number of nitrogens with zero attached hydrogens (tertiary/aromatic N) is 7. The lowest BCUT2D eigenvalue weighted by Gasteiger charge is -2.38. The minimum atomic E-state index is -2.02. The lowest BCUT2D eigenvalue weighted by molar-refractivity contribution is -0.271. The summed E-state index contributed by atoms with van der Waals surface area (Å²) in [5.41, 5.74) is 2.14. The van der Waals surface area contributed by atoms with Crippen LogP contribution in [0.2, 0.25) is 0 Å². The summed E-state index contributed by atoms with van der Waals surface area (Å²) in [7, 11) is 8.66. The number of hydrogen-bond acceptors (Lipinski definition) is 21. The van der Waals surface area contributed by atoms with Crippen LogP contribution in [0.3, 0.4) is 0 Å². The fraction of sp³-hybridized carbons (Fsp3) is 0.448. The molecular formula is C58H74N12O19. The molecule has 3 aliphatic heterocycles. The van der Waals surface area contributed by atoms with Crippen LogP contribution >= 0.6 is 0 Å². The standard InChI is InChI=1S/C58H74N12O19/c1-32-20-42-55(79)70(58(82)86-31-33-10-11-43(38(21-33)51(75)61-13-17-84-18-19-87-59)88-57-48(73)46(71)47(72)49(89-57)56(80)81)39-25-45(44(83-6)24-37(39)54(78)69(42)27-32)85-16-8-7-15-68-28-34(26-62-68)50(74)63-35-23-41(67(5)29-35)53(77)64-36-22-40(66(4)30-36)52(76)60-12-9-14-65(2)3/h10-11,21-26,28-30,42,46-49,55,57,71-73,79H,1,7-9,12-20,27,31,59H2,2-6H3,(H,60,76)(H,61,75)(H,63,74)(H,64,77)(H,80,81)/t42-,46-,47-,48+,49-,55?,57+/m0/s1. The molecule has 0 radical (unpaired) electrons. The fourth-order valence-electron chi connectivity index (χ4n) is 10.1. The van der Waals surface area contributed by atoms with Gasteiger partial charge in [0.25, 0.3) is 29.5 Å². The number of aryl methyl sites for hydroxylation is 3. The van der Waals surface area contributed by atoms with Crippen molar-refractivity contribution in [1.29, 1.82) is 0 Å². The number of hydrogen-bond donors (Lipinski definition) is 10. The first kappa shape index (κ1) is 66.0. The number of unbranched alkanes of at least 4 members (excludes halogenated alkanes) is 1. The van der Waals surface area contributed by atoms with Gasteiger partial charge in [-0.05, 0) is 82.2 Å². The maximum absolute atomic E-state index is 14.4. The van der Waals surface area contributed by atoms with Gasteiger partial charge in [0, 0.05) is 64.9 Å².